The van der Waals surface area contributed by atoms with E-state index in [4.69, 9.17) is 0 Å². The van der Waals surface area contributed by atoms with Crippen molar-refractivity contribution in [2.45, 2.75) is 25.3 Å². The van der Waals surface area contributed by atoms with Gasteiger partial charge in [0.1, 0.15) is 0 Å². The molecule has 128 valence electrons. The smallest absolute Gasteiger partial charge is 0.319 e. The lowest BCUT2D eigenvalue weighted by Crippen LogP contribution is -2.30. The predicted molar refractivity (Wildman–Crippen MR) is 102 cm³/mol. The number of nitrogens with one attached hydrogen (secondary N) is 4. The summed E-state index contributed by atoms with van der Waals surface area (Å²) in [4.78, 5) is 15.0. The number of aromatic amines is 1. The van der Waals surface area contributed by atoms with E-state index < -0.39 is 0 Å². The topological polar surface area (TPSA) is 69.0 Å². The normalized spacial score (nSPS) is 13.6. The number of urea groups is 1. The molecule has 1 aromatic heterocycles. The van der Waals surface area contributed by atoms with Gasteiger partial charge in [0, 0.05) is 41.1 Å². The molecule has 5 heteroatoms. The van der Waals surface area contributed by atoms with Crippen LogP contribution in [0.3, 0.4) is 0 Å². The summed E-state index contributed by atoms with van der Waals surface area (Å²) < 4.78 is 0. The molecule has 1 saturated carbocycles. The van der Waals surface area contributed by atoms with Crippen LogP contribution in [0.5, 0.6) is 0 Å². The van der Waals surface area contributed by atoms with E-state index in [9.17, 15) is 4.79 Å². The van der Waals surface area contributed by atoms with E-state index >= 15 is 0 Å². The number of anilines is 2. The molecule has 4 rings (SSSR count). The van der Waals surface area contributed by atoms with Crippen LogP contribution in [0, 0.1) is 0 Å². The molecule has 0 atom stereocenters. The second-order valence-corrected chi connectivity index (χ2v) is 6.49. The largest absolute Gasteiger partial charge is 0.385 e. The maximum absolute atomic E-state index is 11.7. The average Bonchev–Trinajstić information content (AvgIpc) is 3.34. The zero-order valence-electron chi connectivity index (χ0n) is 14.0. The van der Waals surface area contributed by atoms with Gasteiger partial charge in [-0.1, -0.05) is 18.2 Å². The van der Waals surface area contributed by atoms with Gasteiger partial charge < -0.3 is 20.9 Å². The van der Waals surface area contributed by atoms with E-state index in [0.717, 1.165) is 37.2 Å². The van der Waals surface area contributed by atoms with E-state index in [1.165, 1.54) is 16.5 Å². The molecule has 0 radical (unpaired) electrons. The Bertz CT molecular complexity index is 865. The summed E-state index contributed by atoms with van der Waals surface area (Å²) in [6, 6.07) is 16.4. The Morgan fingerprint density at radius 1 is 1.04 bits per heavy atom. The van der Waals surface area contributed by atoms with Gasteiger partial charge in [0.25, 0.3) is 0 Å². The van der Waals surface area contributed by atoms with Gasteiger partial charge in [0.05, 0.1) is 0 Å². The number of carbonyl (C=O) groups is 1. The molecule has 0 aliphatic heterocycles. The van der Waals surface area contributed by atoms with Crippen LogP contribution in [0.15, 0.2) is 54.7 Å². The van der Waals surface area contributed by atoms with Gasteiger partial charge in [-0.05, 0) is 55.2 Å². The lowest BCUT2D eigenvalue weighted by molar-refractivity contribution is 0.251. The van der Waals surface area contributed by atoms with Gasteiger partial charge in [-0.15, -0.1) is 0 Å². The van der Waals surface area contributed by atoms with Crippen molar-refractivity contribution in [3.8, 4) is 0 Å². The highest BCUT2D eigenvalue weighted by Gasteiger charge is 2.23. The molecule has 1 aliphatic carbocycles. The van der Waals surface area contributed by atoms with E-state index in [1.807, 2.05) is 30.3 Å². The number of para-hydroxylation sites is 1. The van der Waals surface area contributed by atoms with Crippen molar-refractivity contribution in [1.29, 1.82) is 0 Å². The van der Waals surface area contributed by atoms with Gasteiger partial charge >= 0.3 is 6.03 Å². The maximum Gasteiger partial charge on any atom is 0.319 e. The number of fused-ring (bicyclic) bond motifs is 1. The van der Waals surface area contributed by atoms with Gasteiger partial charge in [-0.3, -0.25) is 0 Å². The van der Waals surface area contributed by atoms with Crippen LogP contribution < -0.4 is 16.0 Å². The van der Waals surface area contributed by atoms with Crippen molar-refractivity contribution in [3.05, 3.63) is 60.3 Å². The Morgan fingerprint density at radius 2 is 1.80 bits per heavy atom. The van der Waals surface area contributed by atoms with Crippen LogP contribution in [0.1, 0.15) is 18.4 Å². The Kier molecular flexibility index (Phi) is 4.29. The lowest BCUT2D eigenvalue weighted by Gasteiger charge is -2.09. The van der Waals surface area contributed by atoms with Crippen molar-refractivity contribution in [3.63, 3.8) is 0 Å². The first-order valence-electron chi connectivity index (χ1n) is 8.74. The fourth-order valence-electron chi connectivity index (χ4n) is 2.93. The van der Waals surface area contributed by atoms with Crippen LogP contribution >= 0.6 is 0 Å². The third kappa shape index (κ3) is 3.94. The van der Waals surface area contributed by atoms with Gasteiger partial charge in [-0.2, -0.15) is 0 Å². The molecule has 1 aliphatic rings. The van der Waals surface area contributed by atoms with E-state index in [2.05, 4.69) is 45.3 Å². The maximum atomic E-state index is 11.7. The highest BCUT2D eigenvalue weighted by Crippen LogP contribution is 2.20. The van der Waals surface area contributed by atoms with Crippen molar-refractivity contribution in [2.75, 3.05) is 17.2 Å². The van der Waals surface area contributed by atoms with Crippen molar-refractivity contribution in [1.82, 2.24) is 10.3 Å². The second kappa shape index (κ2) is 6.89. The monoisotopic (exact) mass is 334 g/mol. The first-order valence-corrected chi connectivity index (χ1v) is 8.74. The zero-order valence-corrected chi connectivity index (χ0v) is 14.0. The zero-order chi connectivity index (χ0) is 17.1. The van der Waals surface area contributed by atoms with Gasteiger partial charge in [0.2, 0.25) is 0 Å². The summed E-state index contributed by atoms with van der Waals surface area (Å²) in [6.45, 7) is 0.858. The Labute approximate surface area is 146 Å². The van der Waals surface area contributed by atoms with E-state index in [-0.39, 0.29) is 6.03 Å². The Hall–Kier alpha value is -2.95. The van der Waals surface area contributed by atoms with Crippen LogP contribution in [0.4, 0.5) is 16.2 Å². The summed E-state index contributed by atoms with van der Waals surface area (Å²) in [6.07, 6.45) is 5.21. The summed E-state index contributed by atoms with van der Waals surface area (Å²) >= 11 is 0. The minimum absolute atomic E-state index is 0.123. The number of benzene rings is 2. The molecule has 0 bridgehead atoms. The second-order valence-electron chi connectivity index (χ2n) is 6.49. The third-order valence-corrected chi connectivity index (χ3v) is 4.45. The number of amides is 2. The summed E-state index contributed by atoms with van der Waals surface area (Å²) in [5.74, 6) is 0. The fourth-order valence-corrected chi connectivity index (χ4v) is 2.93. The van der Waals surface area contributed by atoms with Crippen molar-refractivity contribution >= 4 is 28.3 Å². The summed E-state index contributed by atoms with van der Waals surface area (Å²) in [7, 11) is 0. The fraction of sp³-hybridized carbons (Fsp3) is 0.250. The first-order chi connectivity index (χ1) is 12.3. The SMILES string of the molecule is O=C(Nc1ccc(NCCc2c[nH]c3ccccc23)cc1)NC1CC1. The molecule has 4 N–H and O–H groups in total. The molecule has 0 spiro atoms. The molecule has 1 heterocycles. The molecular formula is C20H22N4O. The van der Waals surface area contributed by atoms with E-state index in [1.54, 1.807) is 0 Å². The van der Waals surface area contributed by atoms with Crippen LogP contribution in [0.25, 0.3) is 10.9 Å². The van der Waals surface area contributed by atoms with Gasteiger partial charge in [0.15, 0.2) is 0 Å². The van der Waals surface area contributed by atoms with Crippen molar-refractivity contribution < 1.29 is 4.79 Å². The molecule has 25 heavy (non-hydrogen) atoms. The Balaban J connectivity index is 1.28. The number of carbonyl (C=O) groups excluding carboxylic acids is 1. The molecular weight excluding hydrogens is 312 g/mol. The number of hydrogen-bond donors (Lipinski definition) is 4. The molecule has 2 aromatic carbocycles. The van der Waals surface area contributed by atoms with Crippen molar-refractivity contribution in [2.24, 2.45) is 0 Å². The van der Waals surface area contributed by atoms with E-state index in [0.29, 0.717) is 6.04 Å². The first kappa shape index (κ1) is 15.6. The average molecular weight is 334 g/mol. The number of hydrogen-bond acceptors (Lipinski definition) is 2. The van der Waals surface area contributed by atoms with Crippen LogP contribution in [0.2, 0.25) is 0 Å². The minimum atomic E-state index is -0.123. The lowest BCUT2D eigenvalue weighted by atomic mass is 10.1. The van der Waals surface area contributed by atoms with Gasteiger partial charge in [-0.25, -0.2) is 4.79 Å². The molecule has 3 aromatic rings. The van der Waals surface area contributed by atoms with Crippen LogP contribution in [-0.4, -0.2) is 23.6 Å². The molecule has 2 amide bonds. The quantitative estimate of drug-likeness (QED) is 0.548. The number of aromatic nitrogens is 1. The third-order valence-electron chi connectivity index (χ3n) is 4.45. The summed E-state index contributed by atoms with van der Waals surface area (Å²) in [5, 5.41) is 10.5. The predicted octanol–water partition coefficient (Wildman–Crippen LogP) is 4.11. The molecule has 5 nitrogen and oxygen atoms in total. The highest BCUT2D eigenvalue weighted by molar-refractivity contribution is 5.89. The molecule has 1 fully saturated rings. The minimum Gasteiger partial charge on any atom is -0.385 e. The summed E-state index contributed by atoms with van der Waals surface area (Å²) in [5.41, 5.74) is 4.35. The number of rotatable bonds is 6. The Morgan fingerprint density at radius 3 is 2.60 bits per heavy atom. The highest BCUT2D eigenvalue weighted by atomic mass is 16.2. The standard InChI is InChI=1S/C20H22N4O/c25-20(24-17-9-10-17)23-16-7-5-15(6-8-16)21-12-11-14-13-22-19-4-2-1-3-18(14)19/h1-8,13,17,21-22H,9-12H2,(H2,23,24,25). The van der Waals surface area contributed by atoms with Crippen LogP contribution in [-0.2, 0) is 6.42 Å². The molecule has 0 unspecified atom stereocenters. The molecule has 0 saturated heterocycles. The number of H-pyrrole nitrogens is 1.